The molecule has 2 rings (SSSR count). The molecule has 0 bridgehead atoms. The van der Waals surface area contributed by atoms with E-state index >= 15 is 0 Å². The maximum absolute atomic E-state index is 12.2. The normalized spacial score (nSPS) is 11.1. The van der Waals surface area contributed by atoms with Crippen molar-refractivity contribution in [3.05, 3.63) is 57.1 Å². The highest BCUT2D eigenvalue weighted by Crippen LogP contribution is 2.28. The van der Waals surface area contributed by atoms with Crippen molar-refractivity contribution in [1.29, 1.82) is 0 Å². The summed E-state index contributed by atoms with van der Waals surface area (Å²) in [7, 11) is -4.06. The van der Waals surface area contributed by atoms with E-state index in [4.69, 9.17) is 16.7 Å². The largest absolute Gasteiger partial charge is 0.507 e. The number of nitrogens with zero attached hydrogens (tertiary/aromatic N) is 1. The number of rotatable bonds is 4. The fourth-order valence-electron chi connectivity index (χ4n) is 1.78. The number of hydrogen-bond donors (Lipinski definition) is 3. The molecule has 4 N–H and O–H groups in total. The predicted octanol–water partition coefficient (Wildman–Crippen LogP) is 1.85. The number of benzene rings is 2. The molecule has 11 heteroatoms. The molecule has 0 aliphatic heterocycles. The Labute approximate surface area is 140 Å². The van der Waals surface area contributed by atoms with Gasteiger partial charge in [0.2, 0.25) is 10.0 Å². The van der Waals surface area contributed by atoms with Gasteiger partial charge in [-0.1, -0.05) is 11.6 Å². The first-order valence-corrected chi connectivity index (χ1v) is 8.13. The van der Waals surface area contributed by atoms with Crippen LogP contribution in [-0.2, 0) is 10.0 Å². The molecule has 0 spiro atoms. The Bertz CT molecular complexity index is 945. The van der Waals surface area contributed by atoms with Gasteiger partial charge in [0.05, 0.1) is 26.1 Å². The quantitative estimate of drug-likeness (QED) is 0.550. The van der Waals surface area contributed by atoms with E-state index in [0.29, 0.717) is 0 Å². The lowest BCUT2D eigenvalue weighted by Crippen LogP contribution is -2.16. The molecule has 1 amide bonds. The Hall–Kier alpha value is -2.69. The van der Waals surface area contributed by atoms with Gasteiger partial charge in [-0.2, -0.15) is 0 Å². The lowest BCUT2D eigenvalue weighted by molar-refractivity contribution is -0.384. The molecule has 0 saturated heterocycles. The number of carbonyl (C=O) groups excluding carboxylic acids is 1. The Morgan fingerprint density at radius 3 is 2.46 bits per heavy atom. The number of anilines is 1. The molecule has 126 valence electrons. The van der Waals surface area contributed by atoms with Gasteiger partial charge in [0.1, 0.15) is 5.75 Å². The Balaban J connectivity index is 2.35. The molecule has 24 heavy (non-hydrogen) atoms. The van der Waals surface area contributed by atoms with E-state index in [1.165, 1.54) is 6.07 Å². The number of primary sulfonamides is 1. The average molecular weight is 372 g/mol. The second-order valence-electron chi connectivity index (χ2n) is 4.60. The molecule has 0 heterocycles. The van der Waals surface area contributed by atoms with Crippen LogP contribution >= 0.6 is 11.6 Å². The van der Waals surface area contributed by atoms with Crippen molar-refractivity contribution in [2.75, 3.05) is 5.32 Å². The van der Waals surface area contributed by atoms with Gasteiger partial charge in [0, 0.05) is 12.1 Å². The van der Waals surface area contributed by atoms with Gasteiger partial charge in [-0.3, -0.25) is 14.9 Å². The fourth-order valence-corrected chi connectivity index (χ4v) is 2.54. The van der Waals surface area contributed by atoms with E-state index in [1.807, 2.05) is 0 Å². The van der Waals surface area contributed by atoms with E-state index < -0.39 is 26.6 Å². The van der Waals surface area contributed by atoms with Crippen LogP contribution in [0.1, 0.15) is 10.4 Å². The molecule has 0 aliphatic rings. The first-order chi connectivity index (χ1) is 11.1. The van der Waals surface area contributed by atoms with Gasteiger partial charge >= 0.3 is 0 Å². The number of halogens is 1. The van der Waals surface area contributed by atoms with Crippen LogP contribution in [0.2, 0.25) is 5.02 Å². The summed E-state index contributed by atoms with van der Waals surface area (Å²) in [6.07, 6.45) is 0. The highest BCUT2D eigenvalue weighted by atomic mass is 35.5. The summed E-state index contributed by atoms with van der Waals surface area (Å²) in [5.41, 5.74) is -0.569. The van der Waals surface area contributed by atoms with Gasteiger partial charge in [0.25, 0.3) is 11.6 Å². The highest BCUT2D eigenvalue weighted by Gasteiger charge is 2.18. The number of nitro groups is 1. The third kappa shape index (κ3) is 3.79. The number of phenols is 1. The molecule has 0 aliphatic carbocycles. The molecule has 0 unspecified atom stereocenters. The summed E-state index contributed by atoms with van der Waals surface area (Å²) < 4.78 is 22.6. The second-order valence-corrected chi connectivity index (χ2v) is 6.57. The maximum Gasteiger partial charge on any atom is 0.271 e. The average Bonchev–Trinajstić information content (AvgIpc) is 2.48. The van der Waals surface area contributed by atoms with Crippen LogP contribution in [0.3, 0.4) is 0 Å². The summed E-state index contributed by atoms with van der Waals surface area (Å²) in [6, 6.07) is 6.32. The molecule has 0 radical (unpaired) electrons. The number of sulfonamides is 1. The number of nitrogens with two attached hydrogens (primary N) is 1. The SMILES string of the molecule is NS(=O)(=O)c1ccc(O)c(C(=O)Nc2ccc([N+](=O)[O-])cc2Cl)c1. The standard InChI is InChI=1S/C13H10ClN3O6S/c14-10-5-7(17(20)21)1-3-11(10)16-13(19)9-6-8(24(15,22)23)2-4-12(9)18/h1-6,18H,(H,16,19)(H2,15,22,23). The summed E-state index contributed by atoms with van der Waals surface area (Å²) >= 11 is 5.85. The van der Waals surface area contributed by atoms with Crippen molar-refractivity contribution in [2.45, 2.75) is 4.90 Å². The minimum Gasteiger partial charge on any atom is -0.507 e. The zero-order chi connectivity index (χ0) is 18.1. The van der Waals surface area contributed by atoms with Crippen LogP contribution in [0, 0.1) is 10.1 Å². The van der Waals surface area contributed by atoms with Gasteiger partial charge in [0.15, 0.2) is 0 Å². The smallest absolute Gasteiger partial charge is 0.271 e. The monoisotopic (exact) mass is 371 g/mol. The number of nitrogens with one attached hydrogen (secondary N) is 1. The molecule has 9 nitrogen and oxygen atoms in total. The molecule has 2 aromatic carbocycles. The van der Waals surface area contributed by atoms with Gasteiger partial charge in [-0.05, 0) is 24.3 Å². The molecule has 0 saturated carbocycles. The number of amides is 1. The molecular weight excluding hydrogens is 362 g/mol. The molecule has 0 fully saturated rings. The minimum absolute atomic E-state index is 0.0488. The lowest BCUT2D eigenvalue weighted by Gasteiger charge is -2.09. The van der Waals surface area contributed by atoms with Crippen molar-refractivity contribution < 1.29 is 23.2 Å². The maximum atomic E-state index is 12.2. The van der Waals surface area contributed by atoms with Crippen LogP contribution in [-0.4, -0.2) is 24.4 Å². The summed E-state index contributed by atoms with van der Waals surface area (Å²) in [5.74, 6) is -1.34. The van der Waals surface area contributed by atoms with Crippen molar-refractivity contribution in [3.8, 4) is 5.75 Å². The van der Waals surface area contributed by atoms with Gasteiger partial charge < -0.3 is 10.4 Å². The van der Waals surface area contributed by atoms with Crippen LogP contribution < -0.4 is 10.5 Å². The highest BCUT2D eigenvalue weighted by molar-refractivity contribution is 7.89. The van der Waals surface area contributed by atoms with E-state index in [-0.39, 0.29) is 26.9 Å². The lowest BCUT2D eigenvalue weighted by atomic mass is 10.2. The number of phenolic OH excluding ortho intramolecular Hbond substituents is 1. The van der Waals surface area contributed by atoms with Gasteiger partial charge in [-0.25, -0.2) is 13.6 Å². The zero-order valence-corrected chi connectivity index (χ0v) is 13.3. The molecular formula is C13H10ClN3O6S. The van der Waals surface area contributed by atoms with Crippen molar-refractivity contribution in [2.24, 2.45) is 5.14 Å². The minimum atomic E-state index is -4.06. The van der Waals surface area contributed by atoms with E-state index in [9.17, 15) is 28.4 Å². The van der Waals surface area contributed by atoms with E-state index in [0.717, 1.165) is 30.3 Å². The van der Waals surface area contributed by atoms with E-state index in [2.05, 4.69) is 5.32 Å². The molecule has 0 atom stereocenters. The first-order valence-electron chi connectivity index (χ1n) is 6.20. The number of aromatic hydroxyl groups is 1. The zero-order valence-electron chi connectivity index (χ0n) is 11.8. The van der Waals surface area contributed by atoms with Crippen molar-refractivity contribution in [1.82, 2.24) is 0 Å². The Kier molecular flexibility index (Phi) is 4.73. The second kappa shape index (κ2) is 6.43. The van der Waals surface area contributed by atoms with Crippen LogP contribution in [0.25, 0.3) is 0 Å². The number of nitro benzene ring substituents is 1. The fraction of sp³-hybridized carbons (Fsp3) is 0. The third-order valence-electron chi connectivity index (χ3n) is 2.95. The Morgan fingerprint density at radius 1 is 1.25 bits per heavy atom. The summed E-state index contributed by atoms with van der Waals surface area (Å²) in [6.45, 7) is 0. The first kappa shape index (κ1) is 17.7. The summed E-state index contributed by atoms with van der Waals surface area (Å²) in [4.78, 5) is 21.8. The molecule has 2 aromatic rings. The van der Waals surface area contributed by atoms with Crippen LogP contribution in [0.4, 0.5) is 11.4 Å². The van der Waals surface area contributed by atoms with Crippen molar-refractivity contribution >= 4 is 38.9 Å². The topological polar surface area (TPSA) is 153 Å². The Morgan fingerprint density at radius 2 is 1.92 bits per heavy atom. The predicted molar refractivity (Wildman–Crippen MR) is 85.5 cm³/mol. The number of carbonyl (C=O) groups is 1. The van der Waals surface area contributed by atoms with E-state index in [1.54, 1.807) is 0 Å². The number of non-ortho nitro benzene ring substituents is 1. The third-order valence-corrected chi connectivity index (χ3v) is 4.18. The summed E-state index contributed by atoms with van der Waals surface area (Å²) in [5, 5.41) is 27.6. The van der Waals surface area contributed by atoms with Crippen molar-refractivity contribution in [3.63, 3.8) is 0 Å². The van der Waals surface area contributed by atoms with Crippen LogP contribution in [0.5, 0.6) is 5.75 Å². The van der Waals surface area contributed by atoms with Gasteiger partial charge in [-0.15, -0.1) is 0 Å². The van der Waals surface area contributed by atoms with Crippen LogP contribution in [0.15, 0.2) is 41.3 Å². The molecule has 0 aromatic heterocycles. The number of hydrogen-bond acceptors (Lipinski definition) is 6.